The van der Waals surface area contributed by atoms with Crippen LogP contribution in [0.25, 0.3) is 0 Å². The van der Waals surface area contributed by atoms with E-state index in [1.165, 1.54) is 5.56 Å². The maximum absolute atomic E-state index is 10.9. The SMILES string of the molecule is CC(C)(C)c1ccc(CC(CC(=O)O)NCCCO)cc1. The Balaban J connectivity index is 2.66. The maximum atomic E-state index is 10.9. The lowest BCUT2D eigenvalue weighted by atomic mass is 9.86. The summed E-state index contributed by atoms with van der Waals surface area (Å²) in [4.78, 5) is 10.9. The lowest BCUT2D eigenvalue weighted by Gasteiger charge is -2.20. The van der Waals surface area contributed by atoms with Gasteiger partial charge in [0.05, 0.1) is 6.42 Å². The second kappa shape index (κ2) is 8.15. The van der Waals surface area contributed by atoms with Crippen molar-refractivity contribution in [2.75, 3.05) is 13.2 Å². The molecular weight excluding hydrogens is 266 g/mol. The summed E-state index contributed by atoms with van der Waals surface area (Å²) in [6.45, 7) is 7.27. The predicted molar refractivity (Wildman–Crippen MR) is 84.6 cm³/mol. The molecule has 0 heterocycles. The van der Waals surface area contributed by atoms with E-state index >= 15 is 0 Å². The van der Waals surface area contributed by atoms with Crippen LogP contribution in [0.2, 0.25) is 0 Å². The highest BCUT2D eigenvalue weighted by Crippen LogP contribution is 2.22. The Morgan fingerprint density at radius 2 is 1.86 bits per heavy atom. The van der Waals surface area contributed by atoms with Gasteiger partial charge in [0.2, 0.25) is 0 Å². The minimum absolute atomic E-state index is 0.0897. The van der Waals surface area contributed by atoms with Crippen molar-refractivity contribution in [3.05, 3.63) is 35.4 Å². The molecule has 0 fully saturated rings. The lowest BCUT2D eigenvalue weighted by Crippen LogP contribution is -2.34. The molecule has 1 rings (SSSR count). The number of aliphatic hydroxyl groups is 1. The van der Waals surface area contributed by atoms with Crippen LogP contribution in [-0.2, 0) is 16.6 Å². The molecule has 0 spiro atoms. The molecule has 1 unspecified atom stereocenters. The summed E-state index contributed by atoms with van der Waals surface area (Å²) in [7, 11) is 0. The smallest absolute Gasteiger partial charge is 0.304 e. The van der Waals surface area contributed by atoms with Crippen LogP contribution in [0.3, 0.4) is 0 Å². The number of benzene rings is 1. The zero-order valence-electron chi connectivity index (χ0n) is 13.2. The zero-order chi connectivity index (χ0) is 15.9. The molecule has 0 bridgehead atoms. The summed E-state index contributed by atoms with van der Waals surface area (Å²) >= 11 is 0. The Labute approximate surface area is 127 Å². The van der Waals surface area contributed by atoms with E-state index in [0.29, 0.717) is 19.4 Å². The number of aliphatic hydroxyl groups excluding tert-OH is 1. The number of hydrogen-bond acceptors (Lipinski definition) is 3. The standard InChI is InChI=1S/C17H27NO3/c1-17(2,3)14-7-5-13(6-8-14)11-15(12-16(20)21)18-9-4-10-19/h5-8,15,18-19H,4,9-12H2,1-3H3,(H,20,21). The molecule has 0 aliphatic carbocycles. The Morgan fingerprint density at radius 1 is 1.24 bits per heavy atom. The van der Waals surface area contributed by atoms with Crippen molar-refractivity contribution < 1.29 is 15.0 Å². The lowest BCUT2D eigenvalue weighted by molar-refractivity contribution is -0.137. The molecule has 1 aromatic carbocycles. The fraction of sp³-hybridized carbons (Fsp3) is 0.588. The summed E-state index contributed by atoms with van der Waals surface area (Å²) in [5.74, 6) is -0.803. The molecule has 1 aromatic rings. The van der Waals surface area contributed by atoms with Gasteiger partial charge in [-0.05, 0) is 35.9 Å². The molecule has 1 atom stereocenters. The fourth-order valence-corrected chi connectivity index (χ4v) is 2.24. The molecule has 0 saturated heterocycles. The van der Waals surface area contributed by atoms with E-state index in [4.69, 9.17) is 10.2 Å². The number of carbonyl (C=O) groups is 1. The Hall–Kier alpha value is -1.39. The second-order valence-corrected chi connectivity index (χ2v) is 6.48. The monoisotopic (exact) mass is 293 g/mol. The zero-order valence-corrected chi connectivity index (χ0v) is 13.2. The molecular formula is C17H27NO3. The first kappa shape index (κ1) is 17.7. The minimum Gasteiger partial charge on any atom is -0.481 e. The van der Waals surface area contributed by atoms with Crippen LogP contribution in [0, 0.1) is 0 Å². The average molecular weight is 293 g/mol. The summed E-state index contributed by atoms with van der Waals surface area (Å²) in [6.07, 6.45) is 1.41. The molecule has 0 aliphatic heterocycles. The number of carboxylic acids is 1. The molecule has 118 valence electrons. The van der Waals surface area contributed by atoms with Gasteiger partial charge in [-0.1, -0.05) is 45.0 Å². The maximum Gasteiger partial charge on any atom is 0.304 e. The van der Waals surface area contributed by atoms with Crippen LogP contribution >= 0.6 is 0 Å². The highest BCUT2D eigenvalue weighted by molar-refractivity contribution is 5.67. The number of carboxylic acid groups (broad SMARTS) is 1. The topological polar surface area (TPSA) is 69.6 Å². The van der Waals surface area contributed by atoms with E-state index in [9.17, 15) is 4.79 Å². The first-order chi connectivity index (χ1) is 9.82. The molecule has 4 nitrogen and oxygen atoms in total. The molecule has 0 amide bonds. The first-order valence-electron chi connectivity index (χ1n) is 7.48. The third-order valence-electron chi connectivity index (χ3n) is 3.49. The van der Waals surface area contributed by atoms with Crippen molar-refractivity contribution in [2.45, 2.75) is 51.5 Å². The highest BCUT2D eigenvalue weighted by Gasteiger charge is 2.15. The second-order valence-electron chi connectivity index (χ2n) is 6.48. The van der Waals surface area contributed by atoms with Gasteiger partial charge >= 0.3 is 5.97 Å². The first-order valence-corrected chi connectivity index (χ1v) is 7.48. The largest absolute Gasteiger partial charge is 0.481 e. The van der Waals surface area contributed by atoms with Gasteiger partial charge in [-0.2, -0.15) is 0 Å². The van der Waals surface area contributed by atoms with E-state index in [2.05, 4.69) is 50.4 Å². The third kappa shape index (κ3) is 6.74. The van der Waals surface area contributed by atoms with Crippen LogP contribution in [0.5, 0.6) is 0 Å². The van der Waals surface area contributed by atoms with Crippen molar-refractivity contribution in [2.24, 2.45) is 0 Å². The average Bonchev–Trinajstić information content (AvgIpc) is 2.37. The summed E-state index contributed by atoms with van der Waals surface area (Å²) in [5, 5.41) is 21.0. The number of hydrogen-bond donors (Lipinski definition) is 3. The van der Waals surface area contributed by atoms with Gasteiger partial charge < -0.3 is 15.5 Å². The van der Waals surface area contributed by atoms with Crippen LogP contribution in [0.15, 0.2) is 24.3 Å². The molecule has 0 aromatic heterocycles. The number of nitrogens with one attached hydrogen (secondary N) is 1. The van der Waals surface area contributed by atoms with Gasteiger partial charge in [0.15, 0.2) is 0 Å². The van der Waals surface area contributed by atoms with E-state index in [-0.39, 0.29) is 24.5 Å². The fourth-order valence-electron chi connectivity index (χ4n) is 2.24. The van der Waals surface area contributed by atoms with E-state index in [0.717, 1.165) is 5.56 Å². The number of rotatable bonds is 8. The quantitative estimate of drug-likeness (QED) is 0.644. The third-order valence-corrected chi connectivity index (χ3v) is 3.49. The predicted octanol–water partition coefficient (Wildman–Crippen LogP) is 2.34. The molecule has 21 heavy (non-hydrogen) atoms. The van der Waals surface area contributed by atoms with E-state index < -0.39 is 5.97 Å². The van der Waals surface area contributed by atoms with Crippen LogP contribution < -0.4 is 5.32 Å². The molecule has 4 heteroatoms. The van der Waals surface area contributed by atoms with Crippen molar-refractivity contribution in [3.63, 3.8) is 0 Å². The normalized spacial score (nSPS) is 13.1. The van der Waals surface area contributed by atoms with Gasteiger partial charge in [-0.25, -0.2) is 0 Å². The molecule has 0 aliphatic rings. The molecule has 0 radical (unpaired) electrons. The Morgan fingerprint density at radius 3 is 2.33 bits per heavy atom. The summed E-state index contributed by atoms with van der Waals surface area (Å²) in [5.41, 5.74) is 2.53. The van der Waals surface area contributed by atoms with Crippen molar-refractivity contribution in [1.82, 2.24) is 5.32 Å². The van der Waals surface area contributed by atoms with Gasteiger partial charge in [-0.3, -0.25) is 4.79 Å². The van der Waals surface area contributed by atoms with Crippen molar-refractivity contribution in [1.29, 1.82) is 0 Å². The minimum atomic E-state index is -0.803. The number of aliphatic carboxylic acids is 1. The van der Waals surface area contributed by atoms with Gasteiger partial charge in [0.25, 0.3) is 0 Å². The van der Waals surface area contributed by atoms with E-state index in [1.807, 2.05) is 0 Å². The van der Waals surface area contributed by atoms with Gasteiger partial charge in [-0.15, -0.1) is 0 Å². The summed E-state index contributed by atoms with van der Waals surface area (Å²) < 4.78 is 0. The van der Waals surface area contributed by atoms with Gasteiger partial charge in [0, 0.05) is 12.6 Å². The summed E-state index contributed by atoms with van der Waals surface area (Å²) in [6, 6.07) is 8.27. The van der Waals surface area contributed by atoms with Crippen molar-refractivity contribution in [3.8, 4) is 0 Å². The van der Waals surface area contributed by atoms with Crippen molar-refractivity contribution >= 4 is 5.97 Å². The Kier molecular flexibility index (Phi) is 6.85. The van der Waals surface area contributed by atoms with Crippen LogP contribution in [0.4, 0.5) is 0 Å². The Bertz CT molecular complexity index is 434. The molecule has 0 saturated carbocycles. The molecule has 3 N–H and O–H groups in total. The van der Waals surface area contributed by atoms with Crippen LogP contribution in [0.1, 0.15) is 44.7 Å². The van der Waals surface area contributed by atoms with E-state index in [1.54, 1.807) is 0 Å². The van der Waals surface area contributed by atoms with Gasteiger partial charge in [0.1, 0.15) is 0 Å². The van der Waals surface area contributed by atoms with Crippen LogP contribution in [-0.4, -0.2) is 35.4 Å². The highest BCUT2D eigenvalue weighted by atomic mass is 16.4.